The Labute approximate surface area is 172 Å². The number of rotatable bonds is 3. The normalized spacial score (nSPS) is 14.7. The summed E-state index contributed by atoms with van der Waals surface area (Å²) < 4.78 is 11.8. The van der Waals surface area contributed by atoms with E-state index in [9.17, 15) is 4.79 Å². The number of pyridine rings is 1. The van der Waals surface area contributed by atoms with Gasteiger partial charge in [-0.05, 0) is 56.3 Å². The highest BCUT2D eigenvalue weighted by atomic mass is 16.5. The molecule has 0 unspecified atom stereocenters. The summed E-state index contributed by atoms with van der Waals surface area (Å²) in [5.41, 5.74) is 5.34. The lowest BCUT2D eigenvalue weighted by Gasteiger charge is -2.27. The monoisotopic (exact) mass is 397 g/mol. The zero-order chi connectivity index (χ0) is 20.7. The predicted molar refractivity (Wildman–Crippen MR) is 117 cm³/mol. The van der Waals surface area contributed by atoms with Crippen LogP contribution in [0.15, 0.2) is 70.3 Å². The molecular formula is C24H19N3O3. The molecule has 3 heterocycles. The highest BCUT2D eigenvalue weighted by molar-refractivity contribution is 6.01. The van der Waals surface area contributed by atoms with Gasteiger partial charge in [-0.25, -0.2) is 5.43 Å². The lowest BCUT2D eigenvalue weighted by atomic mass is 10.0. The number of nitrogens with zero attached hydrogens (tertiary/aromatic N) is 2. The van der Waals surface area contributed by atoms with E-state index in [0.29, 0.717) is 5.58 Å². The van der Waals surface area contributed by atoms with Gasteiger partial charge in [0.2, 0.25) is 0 Å². The number of nitrogens with one attached hydrogen (secondary N) is 1. The summed E-state index contributed by atoms with van der Waals surface area (Å²) in [6, 6.07) is 15.1. The van der Waals surface area contributed by atoms with Gasteiger partial charge < -0.3 is 9.15 Å². The van der Waals surface area contributed by atoms with Gasteiger partial charge in [0, 0.05) is 22.5 Å². The van der Waals surface area contributed by atoms with Gasteiger partial charge in [-0.2, -0.15) is 5.10 Å². The molecule has 0 atom stereocenters. The van der Waals surface area contributed by atoms with Crippen molar-refractivity contribution in [3.8, 4) is 5.75 Å². The Morgan fingerprint density at radius 1 is 1.17 bits per heavy atom. The second-order valence-corrected chi connectivity index (χ2v) is 7.66. The molecule has 0 bridgehead atoms. The first-order valence-electron chi connectivity index (χ1n) is 9.62. The Hall–Kier alpha value is -3.93. The van der Waals surface area contributed by atoms with Gasteiger partial charge in [-0.3, -0.25) is 9.78 Å². The summed E-state index contributed by atoms with van der Waals surface area (Å²) in [6.45, 7) is 3.98. The van der Waals surface area contributed by atoms with E-state index in [-0.39, 0.29) is 11.4 Å². The number of carbonyl (C=O) groups is 1. The first-order chi connectivity index (χ1) is 14.5. The van der Waals surface area contributed by atoms with Gasteiger partial charge in [0.1, 0.15) is 16.9 Å². The molecule has 6 nitrogen and oxygen atoms in total. The van der Waals surface area contributed by atoms with Gasteiger partial charge in [-0.1, -0.05) is 18.2 Å². The van der Waals surface area contributed by atoms with Crippen LogP contribution in [-0.4, -0.2) is 22.7 Å². The summed E-state index contributed by atoms with van der Waals surface area (Å²) in [4.78, 5) is 16.9. The minimum absolute atomic E-state index is 0.188. The van der Waals surface area contributed by atoms with Gasteiger partial charge in [0.25, 0.3) is 0 Å². The van der Waals surface area contributed by atoms with Crippen molar-refractivity contribution in [3.05, 3.63) is 77.7 Å². The lowest BCUT2D eigenvalue weighted by Crippen LogP contribution is -2.27. The molecule has 2 aromatic heterocycles. The van der Waals surface area contributed by atoms with Crippen molar-refractivity contribution in [2.24, 2.45) is 5.10 Å². The van der Waals surface area contributed by atoms with Gasteiger partial charge >= 0.3 is 5.91 Å². The Morgan fingerprint density at radius 2 is 2.03 bits per heavy atom. The fourth-order valence-electron chi connectivity index (χ4n) is 3.51. The summed E-state index contributed by atoms with van der Waals surface area (Å²) >= 11 is 0. The quantitative estimate of drug-likeness (QED) is 0.393. The maximum absolute atomic E-state index is 12.6. The molecule has 148 valence electrons. The van der Waals surface area contributed by atoms with E-state index < -0.39 is 5.91 Å². The zero-order valence-corrected chi connectivity index (χ0v) is 16.5. The van der Waals surface area contributed by atoms with Crippen molar-refractivity contribution < 1.29 is 13.9 Å². The van der Waals surface area contributed by atoms with E-state index in [2.05, 4.69) is 15.5 Å². The van der Waals surface area contributed by atoms with E-state index >= 15 is 0 Å². The largest absolute Gasteiger partial charge is 0.483 e. The number of hydrogen-bond donors (Lipinski definition) is 1. The Morgan fingerprint density at radius 3 is 2.93 bits per heavy atom. The molecule has 30 heavy (non-hydrogen) atoms. The molecule has 2 aromatic carbocycles. The maximum atomic E-state index is 12.6. The SMILES string of the molecule is CC1(C)C=Cc2c(ccc3cc(C(=O)N/N=C/c4ccnc5ccccc45)oc23)O1. The molecule has 1 aliphatic rings. The van der Waals surface area contributed by atoms with Crippen LogP contribution in [0.5, 0.6) is 5.75 Å². The molecule has 6 heteroatoms. The third-order valence-corrected chi connectivity index (χ3v) is 4.99. The van der Waals surface area contributed by atoms with Crippen molar-refractivity contribution in [1.29, 1.82) is 0 Å². The number of furan rings is 1. The van der Waals surface area contributed by atoms with Gasteiger partial charge in [0.15, 0.2) is 5.76 Å². The first-order valence-corrected chi connectivity index (χ1v) is 9.62. The summed E-state index contributed by atoms with van der Waals surface area (Å²) in [5, 5.41) is 5.88. The van der Waals surface area contributed by atoms with Crippen LogP contribution in [0.2, 0.25) is 0 Å². The summed E-state index contributed by atoms with van der Waals surface area (Å²) in [7, 11) is 0. The van der Waals surface area contributed by atoms with Crippen LogP contribution in [0.3, 0.4) is 0 Å². The average molecular weight is 397 g/mol. The highest BCUT2D eigenvalue weighted by Gasteiger charge is 2.24. The molecule has 0 fully saturated rings. The Kier molecular flexibility index (Phi) is 4.13. The van der Waals surface area contributed by atoms with Gasteiger partial charge in [0.05, 0.1) is 17.3 Å². The minimum atomic E-state index is -0.421. The molecule has 0 saturated carbocycles. The summed E-state index contributed by atoms with van der Waals surface area (Å²) in [6.07, 6.45) is 7.26. The lowest BCUT2D eigenvalue weighted by molar-refractivity contribution is 0.0929. The maximum Gasteiger partial charge on any atom is 0.307 e. The summed E-state index contributed by atoms with van der Waals surface area (Å²) in [5.74, 6) is 0.503. The second-order valence-electron chi connectivity index (χ2n) is 7.66. The topological polar surface area (TPSA) is 76.7 Å². The van der Waals surface area contributed by atoms with Crippen LogP contribution < -0.4 is 10.2 Å². The van der Waals surface area contributed by atoms with Crippen LogP contribution in [0.25, 0.3) is 27.9 Å². The predicted octanol–water partition coefficient (Wildman–Crippen LogP) is 4.93. The van der Waals surface area contributed by atoms with Crippen LogP contribution >= 0.6 is 0 Å². The first kappa shape index (κ1) is 18.1. The molecule has 4 aromatic rings. The average Bonchev–Trinajstić information content (AvgIpc) is 3.18. The zero-order valence-electron chi connectivity index (χ0n) is 16.5. The molecule has 0 radical (unpaired) electrons. The number of ether oxygens (including phenoxy) is 1. The number of benzene rings is 2. The van der Waals surface area contributed by atoms with Crippen molar-refractivity contribution in [2.75, 3.05) is 0 Å². The smallest absolute Gasteiger partial charge is 0.307 e. The number of fused-ring (bicyclic) bond motifs is 4. The molecule has 0 aliphatic carbocycles. The third kappa shape index (κ3) is 3.22. The third-order valence-electron chi connectivity index (χ3n) is 4.99. The van der Waals surface area contributed by atoms with Crippen molar-refractivity contribution in [1.82, 2.24) is 10.4 Å². The van der Waals surface area contributed by atoms with Crippen LogP contribution in [0.4, 0.5) is 0 Å². The van der Waals surface area contributed by atoms with E-state index in [1.54, 1.807) is 18.5 Å². The van der Waals surface area contributed by atoms with E-state index in [0.717, 1.165) is 33.2 Å². The fraction of sp³-hybridized carbons (Fsp3) is 0.125. The number of amides is 1. The number of para-hydroxylation sites is 1. The highest BCUT2D eigenvalue weighted by Crippen LogP contribution is 2.37. The fourth-order valence-corrected chi connectivity index (χ4v) is 3.51. The molecule has 1 amide bonds. The van der Waals surface area contributed by atoms with E-state index in [4.69, 9.17) is 9.15 Å². The van der Waals surface area contributed by atoms with E-state index in [1.807, 2.05) is 68.5 Å². The molecule has 0 saturated heterocycles. The number of hydrazone groups is 1. The van der Waals surface area contributed by atoms with Gasteiger partial charge in [-0.15, -0.1) is 0 Å². The Balaban J connectivity index is 1.39. The molecule has 5 rings (SSSR count). The van der Waals surface area contributed by atoms with Crippen molar-refractivity contribution in [3.63, 3.8) is 0 Å². The van der Waals surface area contributed by atoms with E-state index in [1.165, 1.54) is 0 Å². The molecule has 0 spiro atoms. The standard InChI is InChI=1S/C24H19N3O3/c1-24(2)11-9-18-20(30-24)8-7-15-13-21(29-22(15)18)23(28)27-26-14-16-10-12-25-19-6-4-3-5-17(16)19/h3-14H,1-2H3,(H,27,28)/b26-14+. The number of aromatic nitrogens is 1. The van der Waals surface area contributed by atoms with Crippen LogP contribution in [-0.2, 0) is 0 Å². The van der Waals surface area contributed by atoms with Crippen molar-refractivity contribution in [2.45, 2.75) is 19.4 Å². The Bertz CT molecular complexity index is 1340. The van der Waals surface area contributed by atoms with Crippen molar-refractivity contribution >= 4 is 40.1 Å². The van der Waals surface area contributed by atoms with Crippen LogP contribution in [0.1, 0.15) is 35.5 Å². The minimum Gasteiger partial charge on any atom is -0.483 e. The number of hydrogen-bond acceptors (Lipinski definition) is 5. The molecular weight excluding hydrogens is 378 g/mol. The number of carbonyl (C=O) groups excluding carboxylic acids is 1. The second kappa shape index (κ2) is 6.84. The molecule has 1 aliphatic heterocycles. The van der Waals surface area contributed by atoms with Crippen LogP contribution in [0, 0.1) is 0 Å². The molecule has 1 N–H and O–H groups in total.